The van der Waals surface area contributed by atoms with Crippen LogP contribution >= 0.6 is 27.7 Å². The summed E-state index contributed by atoms with van der Waals surface area (Å²) in [6, 6.07) is 0. The molecule has 0 saturated heterocycles. The zero-order chi connectivity index (χ0) is 17.5. The molecule has 10 nitrogen and oxygen atoms in total. The van der Waals surface area contributed by atoms with Gasteiger partial charge in [-0.3, -0.25) is 0 Å². The molecule has 0 fully saturated rings. The molecule has 0 aliphatic heterocycles. The molecule has 0 heterocycles. The number of unbranched alkanes of at least 4 members (excludes halogenated alkanes) is 3. The molecular weight excluding hydrogens is 350 g/mol. The lowest BCUT2D eigenvalue weighted by Crippen LogP contribution is -1.95. The van der Waals surface area contributed by atoms with Crippen LogP contribution in [-0.2, 0) is 13.5 Å². The molecule has 13 heteroatoms. The summed E-state index contributed by atoms with van der Waals surface area (Å²) in [5, 5.41) is 8.52. The summed E-state index contributed by atoms with van der Waals surface area (Å²) in [5.74, 6) is 0. The van der Waals surface area contributed by atoms with Crippen LogP contribution < -0.4 is 0 Å². The number of hydrogen-bond donors (Lipinski definition) is 7. The van der Waals surface area contributed by atoms with E-state index in [1.54, 1.807) is 0 Å². The third-order valence-electron chi connectivity index (χ3n) is 1.67. The molecule has 0 radical (unpaired) electrons. The second-order valence-electron chi connectivity index (χ2n) is 3.86. The molecule has 21 heavy (non-hydrogen) atoms. The normalized spacial score (nSPS) is 12.6. The Hall–Kier alpha value is 0.490. The van der Waals surface area contributed by atoms with Gasteiger partial charge in [-0.1, -0.05) is 39.5 Å². The van der Waals surface area contributed by atoms with Gasteiger partial charge in [-0.25, -0.2) is 14.4 Å². The summed E-state index contributed by atoms with van der Waals surface area (Å²) in [6.45, 7) is 4.27. The van der Waals surface area contributed by atoms with Crippen molar-refractivity contribution in [2.45, 2.75) is 51.2 Å². The van der Waals surface area contributed by atoms with E-state index < -0.39 is 15.6 Å². The molecule has 0 aromatic carbocycles. The van der Waals surface area contributed by atoms with E-state index in [1.807, 2.05) is 0 Å². The minimum atomic E-state index is -4.64. The molecule has 0 amide bonds. The Kier molecular flexibility index (Phi) is 19.3. The van der Waals surface area contributed by atoms with Crippen molar-refractivity contribution >= 4 is 27.7 Å². The largest absolute Gasteiger partial charge is 0.466 e. The molecule has 0 aromatic heterocycles. The van der Waals surface area contributed by atoms with Gasteiger partial charge in [0.1, 0.15) is 0 Å². The van der Waals surface area contributed by atoms with Crippen LogP contribution in [0.5, 0.6) is 0 Å². The maximum Gasteiger partial charge on any atom is 0.466 e. The minimum Gasteiger partial charge on any atom is -0.303 e. The molecule has 0 spiro atoms. The van der Waals surface area contributed by atoms with Gasteiger partial charge in [0.25, 0.3) is 0 Å². The Morgan fingerprint density at radius 1 is 0.952 bits per heavy atom. The van der Waals surface area contributed by atoms with Crippen molar-refractivity contribution in [3.8, 4) is 0 Å². The average Bonchev–Trinajstić information content (AvgIpc) is 2.20. The predicted octanol–water partition coefficient (Wildman–Crippen LogP) is 1.63. The van der Waals surface area contributed by atoms with E-state index in [9.17, 15) is 0 Å². The van der Waals surface area contributed by atoms with Crippen LogP contribution in [0.2, 0.25) is 0 Å². The van der Waals surface area contributed by atoms with Crippen LogP contribution in [0.25, 0.3) is 0 Å². The molecule has 0 rings (SSSR count). The molecule has 132 valence electrons. The lowest BCUT2D eigenvalue weighted by molar-refractivity contribution is -0.117. The number of rotatable bonds is 7. The molecule has 0 saturated carbocycles. The van der Waals surface area contributed by atoms with Gasteiger partial charge in [0.05, 0.1) is 0 Å². The van der Waals surface area contributed by atoms with Crippen LogP contribution in [0.4, 0.5) is 0 Å². The Balaban J connectivity index is -0.000000270. The monoisotopic (exact) mass is 374 g/mol. The van der Waals surface area contributed by atoms with Gasteiger partial charge in [0.2, 0.25) is 0 Å². The SMILES string of the molecule is CCCCCCC(C)SOO.O=P(O)(O)O.O=P(O)(O)O. The van der Waals surface area contributed by atoms with Gasteiger partial charge < -0.3 is 29.4 Å². The maximum absolute atomic E-state index is 8.88. The Labute approximate surface area is 127 Å². The van der Waals surface area contributed by atoms with Gasteiger partial charge in [-0.05, 0) is 6.42 Å². The molecule has 1 atom stereocenters. The van der Waals surface area contributed by atoms with E-state index in [2.05, 4.69) is 18.2 Å². The fraction of sp³-hybridized carbons (Fsp3) is 1.00. The van der Waals surface area contributed by atoms with Gasteiger partial charge in [-0.2, -0.15) is 4.33 Å². The summed E-state index contributed by atoms with van der Waals surface area (Å²) in [5.41, 5.74) is 0. The second-order valence-corrected chi connectivity index (χ2v) is 7.06. The van der Waals surface area contributed by atoms with E-state index in [4.69, 9.17) is 43.7 Å². The predicted molar refractivity (Wildman–Crippen MR) is 78.1 cm³/mol. The van der Waals surface area contributed by atoms with E-state index in [-0.39, 0.29) is 0 Å². The van der Waals surface area contributed by atoms with Crippen LogP contribution in [0.3, 0.4) is 0 Å². The zero-order valence-corrected chi connectivity index (χ0v) is 14.4. The first-order valence-electron chi connectivity index (χ1n) is 5.84. The highest BCUT2D eigenvalue weighted by atomic mass is 32.2. The van der Waals surface area contributed by atoms with Gasteiger partial charge in [-0.15, -0.1) is 0 Å². The van der Waals surface area contributed by atoms with Crippen molar-refractivity contribution in [2.24, 2.45) is 0 Å². The minimum absolute atomic E-state index is 0.414. The van der Waals surface area contributed by atoms with E-state index in [0.717, 1.165) is 18.5 Å². The topological polar surface area (TPSA) is 185 Å². The van der Waals surface area contributed by atoms with Crippen LogP contribution in [0.1, 0.15) is 46.0 Å². The molecule has 7 N–H and O–H groups in total. The van der Waals surface area contributed by atoms with Crippen LogP contribution in [-0.4, -0.2) is 39.9 Å². The van der Waals surface area contributed by atoms with Crippen molar-refractivity contribution in [3.05, 3.63) is 0 Å². The van der Waals surface area contributed by atoms with Crippen molar-refractivity contribution in [2.75, 3.05) is 0 Å². The molecule has 0 aromatic rings. The van der Waals surface area contributed by atoms with Crippen molar-refractivity contribution in [1.82, 2.24) is 0 Å². The van der Waals surface area contributed by atoms with E-state index in [1.165, 1.54) is 25.7 Å². The highest BCUT2D eigenvalue weighted by molar-refractivity contribution is 7.95. The van der Waals surface area contributed by atoms with Crippen molar-refractivity contribution in [3.63, 3.8) is 0 Å². The number of phosphoric acid groups is 2. The Morgan fingerprint density at radius 3 is 1.62 bits per heavy atom. The fourth-order valence-corrected chi connectivity index (χ4v) is 1.39. The summed E-state index contributed by atoms with van der Waals surface area (Å²) in [7, 11) is -9.28. The van der Waals surface area contributed by atoms with Crippen molar-refractivity contribution in [1.29, 1.82) is 0 Å². The first-order chi connectivity index (χ1) is 9.31. The van der Waals surface area contributed by atoms with E-state index >= 15 is 0 Å². The average molecular weight is 374 g/mol. The van der Waals surface area contributed by atoms with E-state index in [0.29, 0.717) is 5.25 Å². The zero-order valence-electron chi connectivity index (χ0n) is 11.8. The second kappa shape index (κ2) is 15.4. The Morgan fingerprint density at radius 2 is 1.33 bits per heavy atom. The highest BCUT2D eigenvalue weighted by Gasteiger charge is 2.02. The highest BCUT2D eigenvalue weighted by Crippen LogP contribution is 2.26. The third-order valence-corrected chi connectivity index (χ3v) is 2.32. The van der Waals surface area contributed by atoms with Gasteiger partial charge >= 0.3 is 15.6 Å². The quantitative estimate of drug-likeness (QED) is 0.113. The summed E-state index contributed by atoms with van der Waals surface area (Å²) in [6.07, 6.45) is 6.26. The number of hydrogen-bond acceptors (Lipinski definition) is 5. The standard InChI is InChI=1S/C8H18O2S.2H3O4P/c1-3-4-5-6-7-8(2)11-10-9;2*1-5(2,3)4/h8-9H,3-7H2,1-2H3;2*(H3,1,2,3,4). The molecular formula is C8H24O10P2S. The smallest absolute Gasteiger partial charge is 0.303 e. The summed E-state index contributed by atoms with van der Waals surface area (Å²) in [4.78, 5) is 43.1. The van der Waals surface area contributed by atoms with Gasteiger partial charge in [0.15, 0.2) is 0 Å². The lowest BCUT2D eigenvalue weighted by Gasteiger charge is -2.05. The Bertz CT molecular complexity index is 267. The molecule has 1 unspecified atom stereocenters. The summed E-state index contributed by atoms with van der Waals surface area (Å²) >= 11 is 1.14. The molecule has 0 aliphatic carbocycles. The maximum atomic E-state index is 8.88. The first kappa shape index (κ1) is 26.4. The molecule has 0 aliphatic rings. The van der Waals surface area contributed by atoms with Crippen molar-refractivity contribution < 1.29 is 48.1 Å². The van der Waals surface area contributed by atoms with Crippen LogP contribution in [0, 0.1) is 0 Å². The lowest BCUT2D eigenvalue weighted by atomic mass is 10.1. The first-order valence-corrected chi connectivity index (χ1v) is 9.78. The van der Waals surface area contributed by atoms with Gasteiger partial charge in [0, 0.05) is 17.3 Å². The molecule has 0 bridgehead atoms. The summed E-state index contributed by atoms with van der Waals surface area (Å²) < 4.78 is 21.7. The van der Waals surface area contributed by atoms with Crippen LogP contribution in [0.15, 0.2) is 0 Å². The fourth-order valence-electron chi connectivity index (χ4n) is 0.980. The third kappa shape index (κ3) is 77.8.